The highest BCUT2D eigenvalue weighted by atomic mass is 16.1. The molecule has 0 heterocycles. The molecular formula is C11H20O. The van der Waals surface area contributed by atoms with Gasteiger partial charge in [0, 0.05) is 5.92 Å². The first-order valence-corrected chi connectivity index (χ1v) is 4.84. The monoisotopic (exact) mass is 168 g/mol. The molecule has 0 saturated heterocycles. The number of carbonyl (C=O) groups is 1. The van der Waals surface area contributed by atoms with Crippen LogP contribution in [-0.4, -0.2) is 6.29 Å². The molecule has 1 heteroatoms. The molecule has 12 heavy (non-hydrogen) atoms. The van der Waals surface area contributed by atoms with Gasteiger partial charge in [0.1, 0.15) is 6.29 Å². The first-order chi connectivity index (χ1) is 5.72. The summed E-state index contributed by atoms with van der Waals surface area (Å²) in [4.78, 5) is 10.4. The fraction of sp³-hybridized carbons (Fsp3) is 0.727. The van der Waals surface area contributed by atoms with Crippen molar-refractivity contribution >= 4 is 6.29 Å². The van der Waals surface area contributed by atoms with E-state index in [1.165, 1.54) is 12.8 Å². The van der Waals surface area contributed by atoms with E-state index >= 15 is 0 Å². The summed E-state index contributed by atoms with van der Waals surface area (Å²) in [5.41, 5.74) is 0. The van der Waals surface area contributed by atoms with Crippen LogP contribution in [0.3, 0.4) is 0 Å². The lowest BCUT2D eigenvalue weighted by Gasteiger charge is -2.07. The van der Waals surface area contributed by atoms with Crippen molar-refractivity contribution in [1.29, 1.82) is 0 Å². The van der Waals surface area contributed by atoms with Crippen molar-refractivity contribution in [2.24, 2.45) is 11.8 Å². The summed E-state index contributed by atoms with van der Waals surface area (Å²) in [5, 5.41) is 0. The van der Waals surface area contributed by atoms with Gasteiger partial charge in [-0.15, -0.1) is 0 Å². The molecule has 0 aliphatic heterocycles. The average Bonchev–Trinajstić information content (AvgIpc) is 2.10. The Kier molecular flexibility index (Phi) is 6.73. The zero-order valence-corrected chi connectivity index (χ0v) is 8.42. The van der Waals surface area contributed by atoms with Crippen molar-refractivity contribution in [1.82, 2.24) is 0 Å². The highest BCUT2D eigenvalue weighted by Gasteiger charge is 2.05. The summed E-state index contributed by atoms with van der Waals surface area (Å²) in [6, 6.07) is 0. The van der Waals surface area contributed by atoms with Crippen LogP contribution in [0.5, 0.6) is 0 Å². The second-order valence-corrected chi connectivity index (χ2v) is 3.42. The molecule has 0 N–H and O–H groups in total. The van der Waals surface area contributed by atoms with Crippen molar-refractivity contribution in [3.8, 4) is 0 Å². The third-order valence-electron chi connectivity index (χ3n) is 2.21. The third kappa shape index (κ3) is 5.11. The zero-order chi connectivity index (χ0) is 9.40. The number of unbranched alkanes of at least 4 members (excludes halogenated alkanes) is 2. The van der Waals surface area contributed by atoms with Crippen LogP contribution in [0.15, 0.2) is 12.2 Å². The quantitative estimate of drug-likeness (QED) is 0.338. The summed E-state index contributed by atoms with van der Waals surface area (Å²) < 4.78 is 0. The highest BCUT2D eigenvalue weighted by Crippen LogP contribution is 2.10. The lowest BCUT2D eigenvalue weighted by Crippen LogP contribution is -2.05. The second-order valence-electron chi connectivity index (χ2n) is 3.42. The summed E-state index contributed by atoms with van der Waals surface area (Å²) >= 11 is 0. The molecule has 0 aliphatic rings. The van der Waals surface area contributed by atoms with E-state index in [-0.39, 0.29) is 5.92 Å². The fourth-order valence-electron chi connectivity index (χ4n) is 0.932. The van der Waals surface area contributed by atoms with Crippen LogP contribution >= 0.6 is 0 Å². The molecule has 70 valence electrons. The number of carbonyl (C=O) groups excluding carboxylic acids is 1. The molecule has 0 saturated carbocycles. The maximum Gasteiger partial charge on any atom is 0.123 e. The fourth-order valence-corrected chi connectivity index (χ4v) is 0.932. The van der Waals surface area contributed by atoms with Crippen molar-refractivity contribution in [3.63, 3.8) is 0 Å². The number of rotatable bonds is 6. The molecule has 0 aromatic heterocycles. The van der Waals surface area contributed by atoms with Gasteiger partial charge in [0.05, 0.1) is 0 Å². The Hall–Kier alpha value is -0.590. The van der Waals surface area contributed by atoms with Gasteiger partial charge in [-0.3, -0.25) is 0 Å². The van der Waals surface area contributed by atoms with Crippen molar-refractivity contribution in [2.45, 2.75) is 40.0 Å². The lowest BCUT2D eigenvalue weighted by atomic mass is 9.97. The maximum absolute atomic E-state index is 10.4. The molecule has 0 spiro atoms. The normalized spacial score (nSPS) is 16.2. The van der Waals surface area contributed by atoms with Crippen molar-refractivity contribution in [2.75, 3.05) is 0 Å². The Morgan fingerprint density at radius 3 is 2.42 bits per heavy atom. The number of hydrogen-bond acceptors (Lipinski definition) is 1. The molecule has 0 aromatic carbocycles. The van der Waals surface area contributed by atoms with Gasteiger partial charge in [0.25, 0.3) is 0 Å². The summed E-state index contributed by atoms with van der Waals surface area (Å²) in [6.45, 7) is 6.23. The molecule has 0 rings (SSSR count). The van der Waals surface area contributed by atoms with Crippen LogP contribution in [0.1, 0.15) is 40.0 Å². The molecule has 0 fully saturated rings. The van der Waals surface area contributed by atoms with E-state index in [1.54, 1.807) is 0 Å². The molecule has 0 amide bonds. The maximum atomic E-state index is 10.4. The zero-order valence-electron chi connectivity index (χ0n) is 8.42. The van der Waals surface area contributed by atoms with Crippen LogP contribution in [-0.2, 0) is 4.79 Å². The van der Waals surface area contributed by atoms with Crippen LogP contribution in [0.25, 0.3) is 0 Å². The van der Waals surface area contributed by atoms with E-state index in [9.17, 15) is 4.79 Å². The summed E-state index contributed by atoms with van der Waals surface area (Å²) in [7, 11) is 0. The predicted octanol–water partition coefficient (Wildman–Crippen LogP) is 3.20. The molecule has 1 nitrogen and oxygen atoms in total. The van der Waals surface area contributed by atoms with E-state index in [4.69, 9.17) is 0 Å². The SMILES string of the molecule is CCCC/C=C\[C@H](C)[C@H](C)C=O. The topological polar surface area (TPSA) is 17.1 Å². The first kappa shape index (κ1) is 11.4. The number of hydrogen-bond donors (Lipinski definition) is 0. The van der Waals surface area contributed by atoms with Gasteiger partial charge >= 0.3 is 0 Å². The van der Waals surface area contributed by atoms with Crippen LogP contribution in [0.2, 0.25) is 0 Å². The minimum absolute atomic E-state index is 0.155. The van der Waals surface area contributed by atoms with E-state index in [0.29, 0.717) is 5.92 Å². The van der Waals surface area contributed by atoms with Gasteiger partial charge in [-0.1, -0.05) is 45.8 Å². The van der Waals surface area contributed by atoms with Crippen molar-refractivity contribution < 1.29 is 4.79 Å². The molecule has 0 radical (unpaired) electrons. The number of allylic oxidation sites excluding steroid dienone is 2. The largest absolute Gasteiger partial charge is 0.303 e. The van der Waals surface area contributed by atoms with E-state index in [1.807, 2.05) is 6.92 Å². The summed E-state index contributed by atoms with van der Waals surface area (Å²) in [6.07, 6.45) is 8.99. The average molecular weight is 168 g/mol. The molecule has 2 atom stereocenters. The van der Waals surface area contributed by atoms with Crippen molar-refractivity contribution in [3.05, 3.63) is 12.2 Å². The minimum atomic E-state index is 0.155. The van der Waals surface area contributed by atoms with Crippen LogP contribution in [0.4, 0.5) is 0 Å². The Balaban J connectivity index is 3.59. The lowest BCUT2D eigenvalue weighted by molar-refractivity contribution is -0.111. The van der Waals surface area contributed by atoms with Crippen LogP contribution in [0, 0.1) is 11.8 Å². The molecule has 0 aromatic rings. The van der Waals surface area contributed by atoms with Gasteiger partial charge < -0.3 is 4.79 Å². The smallest absolute Gasteiger partial charge is 0.123 e. The van der Waals surface area contributed by atoms with Gasteiger partial charge in [0.15, 0.2) is 0 Å². The minimum Gasteiger partial charge on any atom is -0.303 e. The second kappa shape index (κ2) is 7.08. The molecule has 0 bridgehead atoms. The van der Waals surface area contributed by atoms with E-state index in [2.05, 4.69) is 26.0 Å². The third-order valence-corrected chi connectivity index (χ3v) is 2.21. The van der Waals surface area contributed by atoms with Gasteiger partial charge in [-0.2, -0.15) is 0 Å². The van der Waals surface area contributed by atoms with Gasteiger partial charge in [0.2, 0.25) is 0 Å². The highest BCUT2D eigenvalue weighted by molar-refractivity contribution is 5.53. The Labute approximate surface area is 75.9 Å². The predicted molar refractivity (Wildman–Crippen MR) is 53.1 cm³/mol. The molecule has 0 unspecified atom stereocenters. The Bertz CT molecular complexity index is 138. The molecular weight excluding hydrogens is 148 g/mol. The Morgan fingerprint density at radius 1 is 1.25 bits per heavy atom. The van der Waals surface area contributed by atoms with E-state index < -0.39 is 0 Å². The van der Waals surface area contributed by atoms with E-state index in [0.717, 1.165) is 12.7 Å². The van der Waals surface area contributed by atoms with Gasteiger partial charge in [-0.05, 0) is 12.3 Å². The van der Waals surface area contributed by atoms with Gasteiger partial charge in [-0.25, -0.2) is 0 Å². The van der Waals surface area contributed by atoms with Crippen LogP contribution < -0.4 is 0 Å². The number of aldehydes is 1. The Morgan fingerprint density at radius 2 is 1.92 bits per heavy atom. The first-order valence-electron chi connectivity index (χ1n) is 4.84. The summed E-state index contributed by atoms with van der Waals surface area (Å²) in [5.74, 6) is 0.544. The standard InChI is InChI=1S/C11H20O/c1-4-5-6-7-8-10(2)11(3)9-12/h7-11H,4-6H2,1-3H3/b8-7-/t10-,11+/m0/s1. The molecule has 0 aliphatic carbocycles.